The SMILES string of the molecule is CCCCCCCCCCCCCCC(CCCC(CCCCCCCCCCCCCC)(CO[C@@H]1OC(CO)[C@@H](O)[C@H](O)C1O)CO[C@@H]1OC(CO)[C@@H](O)[C@H](O)C1O)(CO[C@@H]1OC(CO)[C@@H](O)[C@H](O)C1O)CO[C@@H]1OC(CO)[C@@H](O)[C@H](O)C1O. The summed E-state index contributed by atoms with van der Waals surface area (Å²) in [6, 6.07) is 0. The molecule has 85 heavy (non-hydrogen) atoms. The Morgan fingerprint density at radius 1 is 0.247 bits per heavy atom. The molecular formula is C61H116O24. The quantitative estimate of drug-likeness (QED) is 0.0385. The van der Waals surface area contributed by atoms with E-state index in [-0.39, 0.29) is 45.7 Å². The molecule has 0 saturated carbocycles. The zero-order valence-electron chi connectivity index (χ0n) is 51.1. The Kier molecular flexibility index (Phi) is 37.4. The lowest BCUT2D eigenvalue weighted by molar-refractivity contribution is -0.320. The van der Waals surface area contributed by atoms with Crippen LogP contribution in [0.25, 0.3) is 0 Å². The molecular weight excluding hydrogens is 1120 g/mol. The topological polar surface area (TPSA) is 398 Å². The van der Waals surface area contributed by atoms with Crippen molar-refractivity contribution in [1.29, 1.82) is 0 Å². The first-order valence-electron chi connectivity index (χ1n) is 32.6. The molecule has 4 rings (SSSR count). The lowest BCUT2D eigenvalue weighted by Crippen LogP contribution is -2.60. The van der Waals surface area contributed by atoms with Crippen LogP contribution in [0.3, 0.4) is 0 Å². The minimum absolute atomic E-state index is 0.208. The van der Waals surface area contributed by atoms with Crippen molar-refractivity contribution in [2.45, 2.75) is 323 Å². The standard InChI is InChI=1S/C61H116O24/c1-3-5-7-9-11-13-15-17-19-21-23-25-28-60(36-78-56-52(74)48(70)44(66)40(32-62)82-56,37-79-57-53(75)49(71)45(67)41(33-63)83-57)30-27-31-61(29-26-24-22-20-18-16-14-12-10-8-6-4-2,38-80-58-54(76)50(72)46(68)42(34-64)84-58)39-81-59-55(77)51(73)47(69)43(35-65)85-59/h40-59,62-77H,3-39H2,1-2H3/t40?,41?,42?,43?,44-,45-,46-,47-,48+,49+,50+,51+,52?,53?,54?,55?,56-,57-,58-,59-,60?,61?/m1/s1. The molecule has 4 aliphatic rings. The van der Waals surface area contributed by atoms with Gasteiger partial charge in [-0.1, -0.05) is 174 Å². The Morgan fingerprint density at radius 3 is 0.635 bits per heavy atom. The Balaban J connectivity index is 1.71. The summed E-state index contributed by atoms with van der Waals surface area (Å²) in [4.78, 5) is 0. The van der Waals surface area contributed by atoms with E-state index in [1.165, 1.54) is 77.0 Å². The van der Waals surface area contributed by atoms with Crippen LogP contribution in [0.5, 0.6) is 0 Å². The smallest absolute Gasteiger partial charge is 0.186 e. The lowest BCUT2D eigenvalue weighted by atomic mass is 9.74. The highest BCUT2D eigenvalue weighted by Gasteiger charge is 2.50. The third kappa shape index (κ3) is 24.6. The largest absolute Gasteiger partial charge is 0.394 e. The predicted octanol–water partition coefficient (Wildman–Crippen LogP) is 1.58. The van der Waals surface area contributed by atoms with Gasteiger partial charge in [-0.3, -0.25) is 0 Å². The van der Waals surface area contributed by atoms with Crippen molar-refractivity contribution in [2.24, 2.45) is 10.8 Å². The van der Waals surface area contributed by atoms with Gasteiger partial charge in [0, 0.05) is 10.8 Å². The average molecular weight is 1230 g/mol. The molecule has 0 spiro atoms. The molecule has 4 fully saturated rings. The van der Waals surface area contributed by atoms with Gasteiger partial charge >= 0.3 is 0 Å². The van der Waals surface area contributed by atoms with Crippen LogP contribution in [0.1, 0.15) is 200 Å². The molecule has 4 heterocycles. The third-order valence-corrected chi connectivity index (χ3v) is 18.1. The van der Waals surface area contributed by atoms with Crippen LogP contribution in [0.4, 0.5) is 0 Å². The Hall–Kier alpha value is -0.960. The summed E-state index contributed by atoms with van der Waals surface area (Å²) in [7, 11) is 0. The van der Waals surface area contributed by atoms with Crippen LogP contribution in [-0.2, 0) is 37.9 Å². The van der Waals surface area contributed by atoms with E-state index in [2.05, 4.69) is 13.8 Å². The number of hydrogen-bond acceptors (Lipinski definition) is 24. The second kappa shape index (κ2) is 41.5. The lowest BCUT2D eigenvalue weighted by Gasteiger charge is -2.44. The van der Waals surface area contributed by atoms with Gasteiger partial charge in [-0.15, -0.1) is 0 Å². The fraction of sp³-hybridized carbons (Fsp3) is 1.00. The fourth-order valence-electron chi connectivity index (χ4n) is 12.3. The summed E-state index contributed by atoms with van der Waals surface area (Å²) in [6.07, 6.45) is -5.37. The molecule has 0 radical (unpaired) electrons. The summed E-state index contributed by atoms with van der Waals surface area (Å²) in [5, 5.41) is 171. The van der Waals surface area contributed by atoms with E-state index in [1.54, 1.807) is 0 Å². The molecule has 504 valence electrons. The molecule has 0 aromatic heterocycles. The van der Waals surface area contributed by atoms with Gasteiger partial charge in [0.25, 0.3) is 0 Å². The maximum Gasteiger partial charge on any atom is 0.186 e. The first-order chi connectivity index (χ1) is 40.9. The summed E-state index contributed by atoms with van der Waals surface area (Å²) >= 11 is 0. The Labute approximate surface area is 504 Å². The van der Waals surface area contributed by atoms with E-state index >= 15 is 0 Å². The highest BCUT2D eigenvalue weighted by molar-refractivity contribution is 4.95. The number of ether oxygens (including phenoxy) is 8. The van der Waals surface area contributed by atoms with E-state index in [4.69, 9.17) is 37.9 Å². The molecule has 0 bridgehead atoms. The molecule has 0 aromatic carbocycles. The number of hydrogen-bond donors (Lipinski definition) is 16. The van der Waals surface area contributed by atoms with Gasteiger partial charge < -0.3 is 120 Å². The van der Waals surface area contributed by atoms with Gasteiger partial charge in [-0.25, -0.2) is 0 Å². The van der Waals surface area contributed by atoms with Crippen LogP contribution in [0.2, 0.25) is 0 Å². The summed E-state index contributed by atoms with van der Waals surface area (Å²) < 4.78 is 48.7. The zero-order chi connectivity index (χ0) is 62.4. The Morgan fingerprint density at radius 2 is 0.435 bits per heavy atom. The molecule has 20 atom stereocenters. The number of aliphatic hydroxyl groups excluding tert-OH is 16. The molecule has 4 aliphatic heterocycles. The van der Waals surface area contributed by atoms with Crippen molar-refractivity contribution in [1.82, 2.24) is 0 Å². The normalized spacial score (nSPS) is 35.2. The van der Waals surface area contributed by atoms with E-state index in [1.807, 2.05) is 0 Å². The zero-order valence-corrected chi connectivity index (χ0v) is 51.1. The molecule has 24 nitrogen and oxygen atoms in total. The van der Waals surface area contributed by atoms with Crippen LogP contribution in [0, 0.1) is 10.8 Å². The number of aliphatic hydroxyl groups is 16. The first kappa shape index (κ1) is 76.5. The Bertz CT molecular complexity index is 1470. The molecule has 8 unspecified atom stereocenters. The van der Waals surface area contributed by atoms with Crippen molar-refractivity contribution in [3.8, 4) is 0 Å². The number of unbranched alkanes of at least 4 members (excludes halogenated alkanes) is 22. The van der Waals surface area contributed by atoms with Crippen molar-refractivity contribution in [2.75, 3.05) is 52.9 Å². The second-order valence-corrected chi connectivity index (χ2v) is 25.2. The minimum atomic E-state index is -1.77. The van der Waals surface area contributed by atoms with Crippen LogP contribution in [0.15, 0.2) is 0 Å². The molecule has 4 saturated heterocycles. The van der Waals surface area contributed by atoms with Gasteiger partial charge in [-0.05, 0) is 25.7 Å². The van der Waals surface area contributed by atoms with Gasteiger partial charge in [0.2, 0.25) is 0 Å². The fourth-order valence-corrected chi connectivity index (χ4v) is 12.3. The maximum atomic E-state index is 11.2. The second-order valence-electron chi connectivity index (χ2n) is 25.2. The van der Waals surface area contributed by atoms with Gasteiger partial charge in [-0.2, -0.15) is 0 Å². The van der Waals surface area contributed by atoms with Gasteiger partial charge in [0.05, 0.1) is 52.9 Å². The highest BCUT2D eigenvalue weighted by atomic mass is 16.7. The molecule has 0 aromatic rings. The third-order valence-electron chi connectivity index (χ3n) is 18.1. The van der Waals surface area contributed by atoms with E-state index in [9.17, 15) is 81.7 Å². The summed E-state index contributed by atoms with van der Waals surface area (Å²) in [5.41, 5.74) is -2.23. The maximum absolute atomic E-state index is 11.2. The van der Waals surface area contributed by atoms with Crippen LogP contribution < -0.4 is 0 Å². The molecule has 0 aliphatic carbocycles. The van der Waals surface area contributed by atoms with Crippen molar-refractivity contribution < 1.29 is 120 Å². The molecule has 16 N–H and O–H groups in total. The van der Waals surface area contributed by atoms with Crippen molar-refractivity contribution in [3.63, 3.8) is 0 Å². The van der Waals surface area contributed by atoms with Crippen molar-refractivity contribution >= 4 is 0 Å². The molecule has 0 amide bonds. The average Bonchev–Trinajstić information content (AvgIpc) is 3.71. The highest BCUT2D eigenvalue weighted by Crippen LogP contribution is 2.41. The van der Waals surface area contributed by atoms with E-state index < -0.39 is 160 Å². The molecule has 24 heteroatoms. The van der Waals surface area contributed by atoms with Crippen LogP contribution >= 0.6 is 0 Å². The minimum Gasteiger partial charge on any atom is -0.394 e. The van der Waals surface area contributed by atoms with E-state index in [0.29, 0.717) is 25.7 Å². The van der Waals surface area contributed by atoms with E-state index in [0.717, 1.165) is 64.2 Å². The summed E-state index contributed by atoms with van der Waals surface area (Å²) in [5.74, 6) is 0. The predicted molar refractivity (Wildman–Crippen MR) is 309 cm³/mol. The van der Waals surface area contributed by atoms with Gasteiger partial charge in [0.15, 0.2) is 25.2 Å². The van der Waals surface area contributed by atoms with Crippen LogP contribution in [-0.4, -0.2) is 257 Å². The monoisotopic (exact) mass is 1230 g/mol. The summed E-state index contributed by atoms with van der Waals surface area (Å²) in [6.45, 7) is 0.473. The first-order valence-corrected chi connectivity index (χ1v) is 32.6. The number of rotatable bonds is 46. The van der Waals surface area contributed by atoms with Gasteiger partial charge in [0.1, 0.15) is 97.7 Å². The van der Waals surface area contributed by atoms with Crippen molar-refractivity contribution in [3.05, 3.63) is 0 Å².